The summed E-state index contributed by atoms with van der Waals surface area (Å²) < 4.78 is 22.5. The molecule has 27 heavy (non-hydrogen) atoms. The van der Waals surface area contributed by atoms with Gasteiger partial charge in [-0.1, -0.05) is 12.1 Å². The van der Waals surface area contributed by atoms with Gasteiger partial charge in [-0.25, -0.2) is 0 Å². The van der Waals surface area contributed by atoms with Gasteiger partial charge < -0.3 is 18.0 Å². The van der Waals surface area contributed by atoms with Gasteiger partial charge in [-0.3, -0.25) is 14.9 Å². The van der Waals surface area contributed by atoms with Crippen LogP contribution in [0.25, 0.3) is 0 Å². The zero-order chi connectivity index (χ0) is 20.1. The molecule has 1 rings (SSSR count). The first-order valence-corrected chi connectivity index (χ1v) is 11.2. The summed E-state index contributed by atoms with van der Waals surface area (Å²) in [5, 5.41) is 11.0. The predicted octanol–water partition coefficient (Wildman–Crippen LogP) is 3.86. The van der Waals surface area contributed by atoms with Gasteiger partial charge in [0.2, 0.25) is 0 Å². The maximum atomic E-state index is 11.9. The lowest BCUT2D eigenvalue weighted by Crippen LogP contribution is -2.45. The van der Waals surface area contributed by atoms with Crippen LogP contribution in [0.2, 0.25) is 6.04 Å². The third-order valence-electron chi connectivity index (χ3n) is 3.78. The Bertz CT molecular complexity index is 580. The number of nitro groups is 1. The van der Waals surface area contributed by atoms with Crippen molar-refractivity contribution in [1.82, 2.24) is 0 Å². The van der Waals surface area contributed by atoms with Gasteiger partial charge in [-0.2, -0.15) is 0 Å². The third kappa shape index (κ3) is 8.16. The number of nitrogens with zero attached hydrogens (tertiary/aromatic N) is 1. The molecule has 0 saturated carbocycles. The van der Waals surface area contributed by atoms with Crippen molar-refractivity contribution in [2.75, 3.05) is 19.8 Å². The minimum atomic E-state index is -2.69. The maximum Gasteiger partial charge on any atom is 0.500 e. The van der Waals surface area contributed by atoms with Crippen molar-refractivity contribution in [2.24, 2.45) is 0 Å². The second-order valence-corrected chi connectivity index (χ2v) is 8.47. The van der Waals surface area contributed by atoms with Crippen LogP contribution in [0.1, 0.15) is 45.6 Å². The number of para-hydroxylation sites is 1. The van der Waals surface area contributed by atoms with Crippen molar-refractivity contribution < 1.29 is 27.7 Å². The second-order valence-electron chi connectivity index (χ2n) is 5.74. The fourth-order valence-electron chi connectivity index (χ4n) is 2.65. The Morgan fingerprint density at radius 1 is 1.04 bits per heavy atom. The number of benzene rings is 1. The standard InChI is InChI=1S/C18H29NO7Si/c1-4-24-27(25-5-2,26-6-3)14-10-9-13-18(20)23-15-16-11-7-8-12-17(16)19(21)22/h7-8,11-12H,4-6,9-10,13-15H2,1-3H3. The van der Waals surface area contributed by atoms with Crippen molar-refractivity contribution >= 4 is 20.5 Å². The molecule has 9 heteroatoms. The molecule has 8 nitrogen and oxygen atoms in total. The molecule has 0 amide bonds. The van der Waals surface area contributed by atoms with Crippen LogP contribution in [0.3, 0.4) is 0 Å². The molecular weight excluding hydrogens is 370 g/mol. The highest BCUT2D eigenvalue weighted by Crippen LogP contribution is 2.21. The van der Waals surface area contributed by atoms with Crippen molar-refractivity contribution in [3.8, 4) is 0 Å². The summed E-state index contributed by atoms with van der Waals surface area (Å²) in [7, 11) is -2.69. The molecule has 0 bridgehead atoms. The lowest BCUT2D eigenvalue weighted by Gasteiger charge is -2.28. The number of carbonyl (C=O) groups excluding carboxylic acids is 1. The van der Waals surface area contributed by atoms with Crippen molar-refractivity contribution in [2.45, 2.75) is 52.7 Å². The molecule has 0 unspecified atom stereocenters. The fraction of sp³-hybridized carbons (Fsp3) is 0.611. The average molecular weight is 400 g/mol. The van der Waals surface area contributed by atoms with E-state index in [1.54, 1.807) is 18.2 Å². The van der Waals surface area contributed by atoms with Gasteiger partial charge in [0.1, 0.15) is 6.61 Å². The number of unbranched alkanes of at least 4 members (excludes halogenated alkanes) is 1. The molecule has 0 N–H and O–H groups in total. The molecule has 0 aliphatic heterocycles. The Balaban J connectivity index is 2.43. The molecule has 0 saturated heterocycles. The zero-order valence-corrected chi connectivity index (χ0v) is 17.3. The quantitative estimate of drug-likeness (QED) is 0.154. The Morgan fingerprint density at radius 2 is 1.63 bits per heavy atom. The summed E-state index contributed by atoms with van der Waals surface area (Å²) in [4.78, 5) is 22.4. The van der Waals surface area contributed by atoms with Crippen LogP contribution in [-0.4, -0.2) is 39.5 Å². The Kier molecular flexibility index (Phi) is 10.8. The monoisotopic (exact) mass is 399 g/mol. The summed E-state index contributed by atoms with van der Waals surface area (Å²) in [6, 6.07) is 6.87. The lowest BCUT2D eigenvalue weighted by molar-refractivity contribution is -0.385. The first-order chi connectivity index (χ1) is 13.0. The number of rotatable bonds is 14. The third-order valence-corrected chi connectivity index (χ3v) is 6.94. The fourth-order valence-corrected chi connectivity index (χ4v) is 5.34. The topological polar surface area (TPSA) is 97.1 Å². The highest BCUT2D eigenvalue weighted by molar-refractivity contribution is 6.60. The van der Waals surface area contributed by atoms with E-state index in [0.29, 0.717) is 44.3 Å². The van der Waals surface area contributed by atoms with Crippen LogP contribution < -0.4 is 0 Å². The van der Waals surface area contributed by atoms with Crippen molar-refractivity contribution in [3.05, 3.63) is 39.9 Å². The lowest BCUT2D eigenvalue weighted by atomic mass is 10.2. The van der Waals surface area contributed by atoms with E-state index in [2.05, 4.69) is 0 Å². The van der Waals surface area contributed by atoms with Crippen LogP contribution >= 0.6 is 0 Å². The first-order valence-electron chi connectivity index (χ1n) is 9.27. The summed E-state index contributed by atoms with van der Waals surface area (Å²) in [6.45, 7) is 7.16. The van der Waals surface area contributed by atoms with Crippen LogP contribution in [-0.2, 0) is 29.4 Å². The molecule has 0 aliphatic carbocycles. The van der Waals surface area contributed by atoms with Gasteiger partial charge in [0.15, 0.2) is 0 Å². The van der Waals surface area contributed by atoms with Gasteiger partial charge >= 0.3 is 14.8 Å². The SMILES string of the molecule is CCO[Si](CCCCC(=O)OCc1ccccc1[N+](=O)[O-])(OCC)OCC. The highest BCUT2D eigenvalue weighted by Gasteiger charge is 2.39. The minimum absolute atomic E-state index is 0.0498. The van der Waals surface area contributed by atoms with Gasteiger partial charge in [0, 0.05) is 38.4 Å². The molecule has 0 atom stereocenters. The Labute approximate surface area is 161 Å². The average Bonchev–Trinajstić information content (AvgIpc) is 2.64. The maximum absolute atomic E-state index is 11.9. The molecule has 0 spiro atoms. The number of esters is 1. The Hall–Kier alpha value is -1.81. The smallest absolute Gasteiger partial charge is 0.461 e. The van der Waals surface area contributed by atoms with E-state index in [4.69, 9.17) is 18.0 Å². The van der Waals surface area contributed by atoms with Gasteiger partial charge in [0.25, 0.3) is 5.69 Å². The van der Waals surface area contributed by atoms with Crippen LogP contribution in [0, 0.1) is 10.1 Å². The van der Waals surface area contributed by atoms with Crippen molar-refractivity contribution in [1.29, 1.82) is 0 Å². The van der Waals surface area contributed by atoms with Crippen molar-refractivity contribution in [3.63, 3.8) is 0 Å². The van der Waals surface area contributed by atoms with E-state index in [9.17, 15) is 14.9 Å². The van der Waals surface area contributed by atoms with E-state index < -0.39 is 13.7 Å². The normalized spacial score (nSPS) is 11.4. The van der Waals surface area contributed by atoms with E-state index in [0.717, 1.165) is 0 Å². The zero-order valence-electron chi connectivity index (χ0n) is 16.3. The molecule has 0 radical (unpaired) electrons. The molecule has 0 aliphatic rings. The number of nitro benzene ring substituents is 1. The minimum Gasteiger partial charge on any atom is -0.461 e. The summed E-state index contributed by atoms with van der Waals surface area (Å²) in [5.41, 5.74) is 0.331. The molecular formula is C18H29NO7Si. The van der Waals surface area contributed by atoms with E-state index >= 15 is 0 Å². The number of ether oxygens (including phenoxy) is 1. The molecule has 0 heterocycles. The summed E-state index contributed by atoms with van der Waals surface area (Å²) in [6.07, 6.45) is 1.56. The van der Waals surface area contributed by atoms with Crippen LogP contribution in [0.5, 0.6) is 0 Å². The van der Waals surface area contributed by atoms with Gasteiger partial charge in [-0.15, -0.1) is 0 Å². The van der Waals surface area contributed by atoms with Gasteiger partial charge in [-0.05, 0) is 39.7 Å². The largest absolute Gasteiger partial charge is 0.500 e. The van der Waals surface area contributed by atoms with E-state index in [1.807, 2.05) is 20.8 Å². The summed E-state index contributed by atoms with van der Waals surface area (Å²) in [5.74, 6) is -0.385. The molecule has 0 aromatic heterocycles. The number of hydrogen-bond acceptors (Lipinski definition) is 7. The summed E-state index contributed by atoms with van der Waals surface area (Å²) >= 11 is 0. The number of hydrogen-bond donors (Lipinski definition) is 0. The highest BCUT2D eigenvalue weighted by atomic mass is 28.4. The van der Waals surface area contributed by atoms with Gasteiger partial charge in [0.05, 0.1) is 10.5 Å². The molecule has 1 aromatic carbocycles. The molecule has 0 fully saturated rings. The van der Waals surface area contributed by atoms with E-state index in [-0.39, 0.29) is 24.7 Å². The van der Waals surface area contributed by atoms with E-state index in [1.165, 1.54) is 6.07 Å². The number of carbonyl (C=O) groups is 1. The Morgan fingerprint density at radius 3 is 2.19 bits per heavy atom. The second kappa shape index (κ2) is 12.6. The van der Waals surface area contributed by atoms with Crippen LogP contribution in [0.15, 0.2) is 24.3 Å². The molecule has 1 aromatic rings. The molecule has 152 valence electrons. The first kappa shape index (κ1) is 23.2. The predicted molar refractivity (Wildman–Crippen MR) is 102 cm³/mol. The van der Waals surface area contributed by atoms with Crippen LogP contribution in [0.4, 0.5) is 5.69 Å².